The topological polar surface area (TPSA) is 66.0 Å². The Morgan fingerprint density at radius 1 is 1.16 bits per heavy atom. The fourth-order valence-electron chi connectivity index (χ4n) is 4.75. The van der Waals surface area contributed by atoms with Crippen LogP contribution in [-0.2, 0) is 19.4 Å². The molecule has 0 bridgehead atoms. The molecule has 0 aromatic heterocycles. The first-order chi connectivity index (χ1) is 17.9. The van der Waals surface area contributed by atoms with E-state index in [0.29, 0.717) is 35.5 Å². The van der Waals surface area contributed by atoms with E-state index in [1.165, 1.54) is 30.4 Å². The number of hydrogen-bond acceptors (Lipinski definition) is 5. The van der Waals surface area contributed by atoms with Crippen LogP contribution in [-0.4, -0.2) is 42.4 Å². The Labute approximate surface area is 226 Å². The van der Waals surface area contributed by atoms with Gasteiger partial charge in [0.25, 0.3) is 5.91 Å². The number of carbonyl (C=O) groups excluding carboxylic acids is 1. The lowest BCUT2D eigenvalue weighted by Gasteiger charge is -2.36. The number of halogens is 1. The van der Waals surface area contributed by atoms with Crippen molar-refractivity contribution < 1.29 is 9.53 Å². The Balaban J connectivity index is 1.39. The van der Waals surface area contributed by atoms with E-state index in [-0.39, 0.29) is 5.91 Å². The molecule has 1 aliphatic heterocycles. The highest BCUT2D eigenvalue weighted by molar-refractivity contribution is 6.30. The summed E-state index contributed by atoms with van der Waals surface area (Å²) in [5.74, 6) is 1.48. The van der Waals surface area contributed by atoms with Crippen molar-refractivity contribution in [1.29, 1.82) is 0 Å². The van der Waals surface area contributed by atoms with Crippen LogP contribution >= 0.6 is 11.6 Å². The number of amidine groups is 1. The van der Waals surface area contributed by atoms with Crippen LogP contribution in [0.15, 0.2) is 53.7 Å². The molecule has 1 aliphatic carbocycles. The number of allylic oxidation sites excluding steroid dienone is 1. The zero-order valence-corrected chi connectivity index (χ0v) is 23.0. The minimum absolute atomic E-state index is 0.162. The first-order valence-electron chi connectivity index (χ1n) is 13.4. The maximum Gasteiger partial charge on any atom is 0.256 e. The van der Waals surface area contributed by atoms with Crippen molar-refractivity contribution in [2.45, 2.75) is 65.5 Å². The van der Waals surface area contributed by atoms with Crippen LogP contribution < -0.4 is 15.5 Å². The third-order valence-electron chi connectivity index (χ3n) is 7.03. The molecule has 4 rings (SSSR count). The summed E-state index contributed by atoms with van der Waals surface area (Å²) < 4.78 is 5.93. The number of carbonyl (C=O) groups is 1. The van der Waals surface area contributed by atoms with Gasteiger partial charge < -0.3 is 15.5 Å². The summed E-state index contributed by atoms with van der Waals surface area (Å²) in [5, 5.41) is 8.02. The van der Waals surface area contributed by atoms with Crippen molar-refractivity contribution in [2.75, 3.05) is 19.7 Å². The number of rotatable bonds is 9. The molecular formula is C30H39ClN4O2. The van der Waals surface area contributed by atoms with E-state index in [1.807, 2.05) is 37.3 Å². The third kappa shape index (κ3) is 7.59. The van der Waals surface area contributed by atoms with E-state index in [4.69, 9.17) is 16.3 Å². The molecular weight excluding hydrogens is 484 g/mol. The second-order valence-corrected chi connectivity index (χ2v) is 10.8. The number of hydrogen-bond donors (Lipinski definition) is 2. The average Bonchev–Trinajstić information content (AvgIpc) is 3.04. The van der Waals surface area contributed by atoms with Crippen molar-refractivity contribution >= 4 is 23.3 Å². The van der Waals surface area contributed by atoms with Crippen LogP contribution in [0, 0.1) is 5.92 Å². The molecule has 0 radical (unpaired) electrons. The Morgan fingerprint density at radius 2 is 1.95 bits per heavy atom. The molecule has 2 aromatic rings. The monoisotopic (exact) mass is 522 g/mol. The van der Waals surface area contributed by atoms with Gasteiger partial charge in [-0.05, 0) is 86.1 Å². The van der Waals surface area contributed by atoms with Gasteiger partial charge in [-0.2, -0.15) is 5.10 Å². The van der Waals surface area contributed by atoms with Crippen LogP contribution in [0.4, 0.5) is 0 Å². The van der Waals surface area contributed by atoms with Gasteiger partial charge in [-0.1, -0.05) is 44.0 Å². The van der Waals surface area contributed by atoms with Gasteiger partial charge in [0.05, 0.1) is 13.2 Å². The normalized spacial score (nSPS) is 16.8. The van der Waals surface area contributed by atoms with Crippen LogP contribution in [0.25, 0.3) is 0 Å². The molecule has 37 heavy (non-hydrogen) atoms. The van der Waals surface area contributed by atoms with Gasteiger partial charge in [0.2, 0.25) is 0 Å². The highest BCUT2D eigenvalue weighted by Gasteiger charge is 2.26. The average molecular weight is 523 g/mol. The summed E-state index contributed by atoms with van der Waals surface area (Å²) in [5.41, 5.74) is 7.27. The predicted molar refractivity (Wildman–Crippen MR) is 151 cm³/mol. The Morgan fingerprint density at radius 3 is 2.65 bits per heavy atom. The summed E-state index contributed by atoms with van der Waals surface area (Å²) >= 11 is 6.21. The van der Waals surface area contributed by atoms with Crippen LogP contribution in [0.5, 0.6) is 5.75 Å². The molecule has 1 fully saturated rings. The molecule has 0 atom stereocenters. The van der Waals surface area contributed by atoms with Gasteiger partial charge >= 0.3 is 0 Å². The fraction of sp³-hybridized carbons (Fsp3) is 0.467. The number of nitrogens with zero attached hydrogens (tertiary/aromatic N) is 2. The van der Waals surface area contributed by atoms with Crippen molar-refractivity contribution in [3.05, 3.63) is 75.8 Å². The van der Waals surface area contributed by atoms with E-state index >= 15 is 0 Å². The van der Waals surface area contributed by atoms with Gasteiger partial charge in [-0.3, -0.25) is 9.69 Å². The van der Waals surface area contributed by atoms with Gasteiger partial charge in [0.1, 0.15) is 5.75 Å². The van der Waals surface area contributed by atoms with Gasteiger partial charge in [0.15, 0.2) is 5.84 Å². The van der Waals surface area contributed by atoms with E-state index in [2.05, 4.69) is 46.7 Å². The van der Waals surface area contributed by atoms with Crippen molar-refractivity contribution in [2.24, 2.45) is 11.0 Å². The van der Waals surface area contributed by atoms with E-state index < -0.39 is 0 Å². The summed E-state index contributed by atoms with van der Waals surface area (Å²) in [6.45, 7) is 9.34. The first-order valence-corrected chi connectivity index (χ1v) is 13.8. The summed E-state index contributed by atoms with van der Waals surface area (Å²) in [7, 11) is 0. The van der Waals surface area contributed by atoms with Crippen molar-refractivity contribution in [3.8, 4) is 5.75 Å². The first kappa shape index (κ1) is 27.2. The summed E-state index contributed by atoms with van der Waals surface area (Å²) in [6, 6.07) is 12.4. The van der Waals surface area contributed by atoms with Crippen molar-refractivity contribution in [1.82, 2.24) is 15.6 Å². The van der Waals surface area contributed by atoms with E-state index in [1.54, 1.807) is 6.08 Å². The highest BCUT2D eigenvalue weighted by Crippen LogP contribution is 2.28. The maximum absolute atomic E-state index is 13.1. The Hall–Kier alpha value is -2.83. The minimum Gasteiger partial charge on any atom is -0.493 e. The minimum atomic E-state index is -0.162. The number of hydrazone groups is 1. The SMILES string of the molecule is C/C=C/C(=N\NCc1cc(Cl)ccc1OCC(C)C)NC(=O)c1ccc2c(c1)CCN(C1CCC1)CC2. The number of fused-ring (bicyclic) bond motifs is 1. The van der Waals surface area contributed by atoms with E-state index in [9.17, 15) is 4.79 Å². The number of benzene rings is 2. The molecule has 0 spiro atoms. The maximum atomic E-state index is 13.1. The second-order valence-electron chi connectivity index (χ2n) is 10.3. The number of ether oxygens (including phenoxy) is 1. The number of nitrogens with one attached hydrogen (secondary N) is 2. The van der Waals surface area contributed by atoms with Crippen LogP contribution in [0.3, 0.4) is 0 Å². The zero-order valence-electron chi connectivity index (χ0n) is 22.2. The lowest BCUT2D eigenvalue weighted by molar-refractivity contribution is 0.0977. The van der Waals surface area contributed by atoms with Crippen molar-refractivity contribution in [3.63, 3.8) is 0 Å². The summed E-state index contributed by atoms with van der Waals surface area (Å²) in [6.07, 6.45) is 9.68. The quantitative estimate of drug-likeness (QED) is 0.250. The number of amides is 1. The summed E-state index contributed by atoms with van der Waals surface area (Å²) in [4.78, 5) is 15.7. The molecule has 1 saturated carbocycles. The predicted octanol–water partition coefficient (Wildman–Crippen LogP) is 5.74. The fourth-order valence-corrected chi connectivity index (χ4v) is 4.94. The standard InChI is InChI=1S/C30H39ClN4O2/c1-4-6-29(34-32-19-25-18-26(31)11-12-28(25)37-20-21(2)3)33-30(36)24-10-9-22-13-15-35(27-7-5-8-27)16-14-23(22)17-24/h4,6,9-12,17-18,21,27,32H,5,7-8,13-16,19-20H2,1-3H3,(H,33,34,36)/b6-4+. The smallest absolute Gasteiger partial charge is 0.256 e. The molecule has 0 saturated heterocycles. The molecule has 1 amide bonds. The lowest BCUT2D eigenvalue weighted by atomic mass is 9.91. The molecule has 1 heterocycles. The molecule has 6 nitrogen and oxygen atoms in total. The zero-order chi connectivity index (χ0) is 26.2. The Kier molecular flexibility index (Phi) is 9.64. The molecule has 2 aliphatic rings. The molecule has 198 valence electrons. The molecule has 2 aromatic carbocycles. The molecule has 2 N–H and O–H groups in total. The Bertz CT molecular complexity index is 1140. The van der Waals surface area contributed by atoms with Gasteiger partial charge in [0, 0.05) is 35.3 Å². The van der Waals surface area contributed by atoms with Gasteiger partial charge in [-0.25, -0.2) is 0 Å². The third-order valence-corrected chi connectivity index (χ3v) is 7.26. The van der Waals surface area contributed by atoms with Gasteiger partial charge in [-0.15, -0.1) is 0 Å². The lowest BCUT2D eigenvalue weighted by Crippen LogP contribution is -2.41. The van der Waals surface area contributed by atoms with E-state index in [0.717, 1.165) is 43.3 Å². The largest absolute Gasteiger partial charge is 0.493 e. The second kappa shape index (κ2) is 13.1. The molecule has 7 heteroatoms. The van der Waals surface area contributed by atoms with Crippen LogP contribution in [0.1, 0.15) is 67.1 Å². The highest BCUT2D eigenvalue weighted by atomic mass is 35.5. The molecule has 0 unspecified atom stereocenters. The van der Waals surface area contributed by atoms with Crippen LogP contribution in [0.2, 0.25) is 5.02 Å².